The average Bonchev–Trinajstić information content (AvgIpc) is 2.31. The molecule has 2 aromatic rings. The van der Waals surface area contributed by atoms with Gasteiger partial charge >= 0.3 is 5.97 Å². The Morgan fingerprint density at radius 3 is 2.35 bits per heavy atom. The summed E-state index contributed by atoms with van der Waals surface area (Å²) in [5, 5.41) is 8.93. The van der Waals surface area contributed by atoms with E-state index in [2.05, 4.69) is 0 Å². The van der Waals surface area contributed by atoms with E-state index in [1.807, 2.05) is 6.92 Å². The monoisotopic (exact) mass is 230 g/mol. The summed E-state index contributed by atoms with van der Waals surface area (Å²) in [5.41, 5.74) is 2.81. The van der Waals surface area contributed by atoms with Gasteiger partial charge in [0.1, 0.15) is 5.82 Å². The third kappa shape index (κ3) is 2.33. The first-order chi connectivity index (χ1) is 8.08. The van der Waals surface area contributed by atoms with Crippen molar-refractivity contribution < 1.29 is 14.3 Å². The van der Waals surface area contributed by atoms with Crippen LogP contribution in [0.15, 0.2) is 42.5 Å². The zero-order valence-electron chi connectivity index (χ0n) is 9.27. The van der Waals surface area contributed by atoms with Gasteiger partial charge in [-0.25, -0.2) is 9.18 Å². The predicted molar refractivity (Wildman–Crippen MR) is 63.5 cm³/mol. The number of benzene rings is 2. The van der Waals surface area contributed by atoms with Crippen LogP contribution in [-0.2, 0) is 0 Å². The summed E-state index contributed by atoms with van der Waals surface area (Å²) in [4.78, 5) is 10.9. The van der Waals surface area contributed by atoms with Gasteiger partial charge in [0.15, 0.2) is 0 Å². The maximum Gasteiger partial charge on any atom is 0.335 e. The summed E-state index contributed by atoms with van der Waals surface area (Å²) < 4.78 is 12.8. The minimum Gasteiger partial charge on any atom is -0.478 e. The Bertz CT molecular complexity index is 559. The molecule has 0 radical (unpaired) electrons. The molecule has 0 spiro atoms. The smallest absolute Gasteiger partial charge is 0.335 e. The standard InChI is InChI=1S/C14H11FO2/c1-9-2-3-11(14(16)17)8-13(9)10-4-6-12(15)7-5-10/h2-8H,1H3,(H,16,17). The van der Waals surface area contributed by atoms with Crippen LogP contribution >= 0.6 is 0 Å². The first-order valence-corrected chi connectivity index (χ1v) is 5.18. The molecule has 2 nitrogen and oxygen atoms in total. The fourth-order valence-corrected chi connectivity index (χ4v) is 1.70. The zero-order valence-corrected chi connectivity index (χ0v) is 9.27. The number of carbonyl (C=O) groups is 1. The molecule has 1 N–H and O–H groups in total. The van der Waals surface area contributed by atoms with Crippen molar-refractivity contribution in [2.24, 2.45) is 0 Å². The van der Waals surface area contributed by atoms with E-state index in [0.29, 0.717) is 0 Å². The highest BCUT2D eigenvalue weighted by molar-refractivity contribution is 5.89. The largest absolute Gasteiger partial charge is 0.478 e. The van der Waals surface area contributed by atoms with Crippen LogP contribution in [0.25, 0.3) is 11.1 Å². The highest BCUT2D eigenvalue weighted by Gasteiger charge is 2.07. The highest BCUT2D eigenvalue weighted by Crippen LogP contribution is 2.24. The highest BCUT2D eigenvalue weighted by atomic mass is 19.1. The van der Waals surface area contributed by atoms with E-state index < -0.39 is 5.97 Å². The number of hydrogen-bond acceptors (Lipinski definition) is 1. The number of carboxylic acid groups (broad SMARTS) is 1. The molecule has 86 valence electrons. The van der Waals surface area contributed by atoms with Crippen molar-refractivity contribution in [1.82, 2.24) is 0 Å². The second-order valence-corrected chi connectivity index (χ2v) is 3.84. The minimum absolute atomic E-state index is 0.231. The van der Waals surface area contributed by atoms with Gasteiger partial charge in [0.25, 0.3) is 0 Å². The molecule has 0 atom stereocenters. The van der Waals surface area contributed by atoms with Gasteiger partial charge in [0.2, 0.25) is 0 Å². The topological polar surface area (TPSA) is 37.3 Å². The van der Waals surface area contributed by atoms with Gasteiger partial charge in [0.05, 0.1) is 5.56 Å². The third-order valence-corrected chi connectivity index (χ3v) is 2.64. The SMILES string of the molecule is Cc1ccc(C(=O)O)cc1-c1ccc(F)cc1. The number of aryl methyl sites for hydroxylation is 1. The van der Waals surface area contributed by atoms with Crippen LogP contribution in [0.5, 0.6) is 0 Å². The Labute approximate surface area is 98.3 Å². The Hall–Kier alpha value is -2.16. The molecule has 0 aliphatic heterocycles. The molecule has 0 saturated heterocycles. The predicted octanol–water partition coefficient (Wildman–Crippen LogP) is 3.50. The van der Waals surface area contributed by atoms with E-state index in [0.717, 1.165) is 16.7 Å². The van der Waals surface area contributed by atoms with Gasteiger partial charge in [-0.05, 0) is 47.9 Å². The van der Waals surface area contributed by atoms with Gasteiger partial charge in [-0.1, -0.05) is 18.2 Å². The minimum atomic E-state index is -0.964. The lowest BCUT2D eigenvalue weighted by Crippen LogP contribution is -1.97. The second-order valence-electron chi connectivity index (χ2n) is 3.84. The second kappa shape index (κ2) is 4.37. The lowest BCUT2D eigenvalue weighted by Gasteiger charge is -2.07. The third-order valence-electron chi connectivity index (χ3n) is 2.64. The van der Waals surface area contributed by atoms with E-state index in [9.17, 15) is 9.18 Å². The Morgan fingerprint density at radius 1 is 1.12 bits per heavy atom. The van der Waals surface area contributed by atoms with Crippen LogP contribution in [-0.4, -0.2) is 11.1 Å². The molecule has 0 aromatic heterocycles. The van der Waals surface area contributed by atoms with Gasteiger partial charge in [-0.2, -0.15) is 0 Å². The maximum absolute atomic E-state index is 12.8. The number of carboxylic acids is 1. The molecule has 0 unspecified atom stereocenters. The molecule has 0 fully saturated rings. The van der Waals surface area contributed by atoms with Crippen molar-refractivity contribution in [3.63, 3.8) is 0 Å². The molecular weight excluding hydrogens is 219 g/mol. The maximum atomic E-state index is 12.8. The van der Waals surface area contributed by atoms with Crippen molar-refractivity contribution in [2.75, 3.05) is 0 Å². The molecule has 17 heavy (non-hydrogen) atoms. The van der Waals surface area contributed by atoms with Crippen LogP contribution in [0.1, 0.15) is 15.9 Å². The van der Waals surface area contributed by atoms with Gasteiger partial charge in [-0.3, -0.25) is 0 Å². The van der Waals surface area contributed by atoms with Gasteiger partial charge < -0.3 is 5.11 Å². The summed E-state index contributed by atoms with van der Waals surface area (Å²) in [5.74, 6) is -1.27. The molecule has 2 aromatic carbocycles. The first-order valence-electron chi connectivity index (χ1n) is 5.18. The van der Waals surface area contributed by atoms with Crippen LogP contribution in [0.2, 0.25) is 0 Å². The molecule has 0 amide bonds. The van der Waals surface area contributed by atoms with E-state index in [4.69, 9.17) is 5.11 Å². The van der Waals surface area contributed by atoms with Crippen molar-refractivity contribution in [3.05, 3.63) is 59.4 Å². The molecule has 3 heteroatoms. The van der Waals surface area contributed by atoms with Crippen LogP contribution in [0, 0.1) is 12.7 Å². The summed E-state index contributed by atoms with van der Waals surface area (Å²) in [6.07, 6.45) is 0. The molecule has 2 rings (SSSR count). The quantitative estimate of drug-likeness (QED) is 0.857. The molecule has 0 aliphatic rings. The fourth-order valence-electron chi connectivity index (χ4n) is 1.70. The normalized spacial score (nSPS) is 10.2. The number of aromatic carboxylic acids is 1. The zero-order chi connectivity index (χ0) is 12.4. The molecule has 0 bridgehead atoms. The molecule has 0 heterocycles. The Balaban J connectivity index is 2.54. The fraction of sp³-hybridized carbons (Fsp3) is 0.0714. The van der Waals surface area contributed by atoms with Gasteiger partial charge in [-0.15, -0.1) is 0 Å². The van der Waals surface area contributed by atoms with E-state index >= 15 is 0 Å². The van der Waals surface area contributed by atoms with Crippen molar-refractivity contribution in [2.45, 2.75) is 6.92 Å². The van der Waals surface area contributed by atoms with Crippen molar-refractivity contribution >= 4 is 5.97 Å². The molecule has 0 saturated carbocycles. The van der Waals surface area contributed by atoms with Crippen LogP contribution < -0.4 is 0 Å². The van der Waals surface area contributed by atoms with Crippen LogP contribution in [0.4, 0.5) is 4.39 Å². The molecule has 0 aliphatic carbocycles. The first kappa shape index (κ1) is 11.3. The van der Waals surface area contributed by atoms with Crippen molar-refractivity contribution in [3.8, 4) is 11.1 Å². The summed E-state index contributed by atoms with van der Waals surface area (Å²) in [7, 11) is 0. The number of halogens is 1. The van der Waals surface area contributed by atoms with Gasteiger partial charge in [0, 0.05) is 0 Å². The summed E-state index contributed by atoms with van der Waals surface area (Å²) in [6.45, 7) is 1.89. The van der Waals surface area contributed by atoms with Crippen LogP contribution in [0.3, 0.4) is 0 Å². The number of rotatable bonds is 2. The number of hydrogen-bond donors (Lipinski definition) is 1. The van der Waals surface area contributed by atoms with E-state index in [1.54, 1.807) is 30.3 Å². The summed E-state index contributed by atoms with van der Waals surface area (Å²) in [6, 6.07) is 10.9. The summed E-state index contributed by atoms with van der Waals surface area (Å²) >= 11 is 0. The lowest BCUT2D eigenvalue weighted by atomic mass is 9.98. The van der Waals surface area contributed by atoms with E-state index in [1.165, 1.54) is 12.1 Å². The Kier molecular flexibility index (Phi) is 2.91. The lowest BCUT2D eigenvalue weighted by molar-refractivity contribution is 0.0697. The van der Waals surface area contributed by atoms with E-state index in [-0.39, 0.29) is 11.4 Å². The van der Waals surface area contributed by atoms with Crippen molar-refractivity contribution in [1.29, 1.82) is 0 Å². The Morgan fingerprint density at radius 2 is 1.76 bits per heavy atom. The molecular formula is C14H11FO2. The average molecular weight is 230 g/mol.